The first kappa shape index (κ1) is 25.0. The van der Waals surface area contributed by atoms with Crippen molar-refractivity contribution in [2.45, 2.75) is 38.8 Å². The van der Waals surface area contributed by atoms with Crippen molar-refractivity contribution in [3.8, 4) is 23.0 Å². The number of rotatable bonds is 8. The average Bonchev–Trinajstić information content (AvgIpc) is 3.42. The summed E-state index contributed by atoms with van der Waals surface area (Å²) in [5, 5.41) is 17.6. The fraction of sp³-hybridized carbons (Fsp3) is 0.520. The largest absolute Gasteiger partial charge is 0.415 e. The molecule has 6 rings (SSSR count). The van der Waals surface area contributed by atoms with Crippen molar-refractivity contribution in [1.82, 2.24) is 20.2 Å². The number of aliphatic hydroxyl groups is 1. The van der Waals surface area contributed by atoms with E-state index >= 15 is 0 Å². The first-order valence-corrected chi connectivity index (χ1v) is 14.5. The zero-order valence-corrected chi connectivity index (χ0v) is 21.9. The molecule has 2 saturated heterocycles. The molecular weight excluding hydrogens is 513 g/mol. The summed E-state index contributed by atoms with van der Waals surface area (Å²) in [5.41, 5.74) is 3.52. The third kappa shape index (κ3) is 5.04. The van der Waals surface area contributed by atoms with Gasteiger partial charge in [0.05, 0.1) is 42.4 Å². The molecule has 0 radical (unpaired) electrons. The first-order chi connectivity index (χ1) is 18.2. The van der Waals surface area contributed by atoms with E-state index < -0.39 is 22.8 Å². The number of anilines is 3. The third-order valence-electron chi connectivity index (χ3n) is 7.59. The van der Waals surface area contributed by atoms with Crippen molar-refractivity contribution in [2.75, 3.05) is 53.1 Å². The number of nitrogens with one attached hydrogen (secondary N) is 1. The Hall–Kier alpha value is -3.32. The maximum absolute atomic E-state index is 13.4. The van der Waals surface area contributed by atoms with Crippen LogP contribution in [0.25, 0.3) is 23.0 Å². The highest BCUT2D eigenvalue weighted by Crippen LogP contribution is 2.54. The van der Waals surface area contributed by atoms with Gasteiger partial charge in [-0.3, -0.25) is 4.72 Å². The fourth-order valence-corrected chi connectivity index (χ4v) is 5.94. The molecule has 13 heteroatoms. The Labute approximate surface area is 220 Å². The standard InChI is InChI=1S/C25H30FN7O4S/c1-16-12-20(28-24(27-16)33-14-17(26)15-33)23-30-29-22(37-23)19-3-2-18(31-38(35,36)11-10-34)13-21(19)32-8-6-25(4-5-25)7-9-32/h2-3,12-13,17,31,34H,4-11,14-15H2,1H3. The minimum Gasteiger partial charge on any atom is -0.415 e. The minimum absolute atomic E-state index is 0.221. The normalized spacial score (nSPS) is 19.0. The molecular formula is C25H30FN7O4S. The Kier molecular flexibility index (Phi) is 6.22. The van der Waals surface area contributed by atoms with Crippen LogP contribution in [0.2, 0.25) is 0 Å². The number of sulfonamides is 1. The molecule has 1 aliphatic carbocycles. The molecule has 0 unspecified atom stereocenters. The molecule has 2 aliphatic heterocycles. The fourth-order valence-electron chi connectivity index (χ4n) is 5.11. The van der Waals surface area contributed by atoms with Gasteiger partial charge in [-0.05, 0) is 62.3 Å². The molecule has 3 aliphatic rings. The van der Waals surface area contributed by atoms with Crippen molar-refractivity contribution < 1.29 is 22.3 Å². The Morgan fingerprint density at radius 2 is 1.82 bits per heavy atom. The van der Waals surface area contributed by atoms with Gasteiger partial charge in [0.1, 0.15) is 11.9 Å². The summed E-state index contributed by atoms with van der Waals surface area (Å²) in [6.07, 6.45) is 3.83. The maximum Gasteiger partial charge on any atom is 0.266 e. The number of piperidine rings is 1. The second kappa shape index (κ2) is 9.45. The van der Waals surface area contributed by atoms with E-state index in [0.29, 0.717) is 34.0 Å². The molecule has 1 spiro atoms. The number of alkyl halides is 1. The summed E-state index contributed by atoms with van der Waals surface area (Å²) in [6, 6.07) is 6.94. The van der Waals surface area contributed by atoms with Crippen LogP contribution in [0.15, 0.2) is 28.7 Å². The number of halogens is 1. The van der Waals surface area contributed by atoms with Gasteiger partial charge in [-0.1, -0.05) is 0 Å². The lowest BCUT2D eigenvalue weighted by atomic mass is 9.93. The second-order valence-corrected chi connectivity index (χ2v) is 12.3. The summed E-state index contributed by atoms with van der Waals surface area (Å²) >= 11 is 0. The molecule has 0 atom stereocenters. The highest BCUT2D eigenvalue weighted by Gasteiger charge is 2.44. The van der Waals surface area contributed by atoms with Crippen LogP contribution in [0.5, 0.6) is 0 Å². The average molecular weight is 544 g/mol. The lowest BCUT2D eigenvalue weighted by Gasteiger charge is -2.35. The third-order valence-corrected chi connectivity index (χ3v) is 8.86. The van der Waals surface area contributed by atoms with Gasteiger partial charge < -0.3 is 19.3 Å². The van der Waals surface area contributed by atoms with Gasteiger partial charge in [-0.25, -0.2) is 22.8 Å². The molecule has 0 amide bonds. The monoisotopic (exact) mass is 543 g/mol. The lowest BCUT2D eigenvalue weighted by Crippen LogP contribution is -2.49. The zero-order chi connectivity index (χ0) is 26.5. The summed E-state index contributed by atoms with van der Waals surface area (Å²) in [7, 11) is -3.68. The van der Waals surface area contributed by atoms with Gasteiger partial charge in [-0.2, -0.15) is 0 Å². The summed E-state index contributed by atoms with van der Waals surface area (Å²) in [6.45, 7) is 3.58. The number of benzene rings is 1. The van der Waals surface area contributed by atoms with E-state index in [0.717, 1.165) is 31.6 Å². The molecule has 2 aromatic heterocycles. The predicted molar refractivity (Wildman–Crippen MR) is 140 cm³/mol. The van der Waals surface area contributed by atoms with Crippen LogP contribution in [-0.4, -0.2) is 78.4 Å². The SMILES string of the molecule is Cc1cc(-c2nnc(-c3ccc(NS(=O)(=O)CCO)cc3N3CCC4(CC3)CC4)o2)nc(N2CC(F)C2)n1. The smallest absolute Gasteiger partial charge is 0.266 e. The minimum atomic E-state index is -3.68. The molecule has 202 valence electrons. The first-order valence-electron chi connectivity index (χ1n) is 12.8. The van der Waals surface area contributed by atoms with Gasteiger partial charge in [-0.15, -0.1) is 10.2 Å². The van der Waals surface area contributed by atoms with Gasteiger partial charge in [0.15, 0.2) is 0 Å². The molecule has 38 heavy (non-hydrogen) atoms. The molecule has 1 saturated carbocycles. The number of aromatic nitrogens is 4. The van der Waals surface area contributed by atoms with Crippen LogP contribution in [0.1, 0.15) is 31.4 Å². The summed E-state index contributed by atoms with van der Waals surface area (Å²) in [5.74, 6) is 0.555. The predicted octanol–water partition coefficient (Wildman–Crippen LogP) is 2.77. The molecule has 11 nitrogen and oxygen atoms in total. The van der Waals surface area contributed by atoms with E-state index in [-0.39, 0.29) is 30.6 Å². The summed E-state index contributed by atoms with van der Waals surface area (Å²) < 4.78 is 46.6. The van der Waals surface area contributed by atoms with Crippen molar-refractivity contribution in [3.05, 3.63) is 30.0 Å². The van der Waals surface area contributed by atoms with Crippen LogP contribution >= 0.6 is 0 Å². The number of hydrogen-bond acceptors (Lipinski definition) is 10. The maximum atomic E-state index is 13.4. The summed E-state index contributed by atoms with van der Waals surface area (Å²) in [4.78, 5) is 12.9. The molecule has 4 heterocycles. The Morgan fingerprint density at radius 3 is 2.50 bits per heavy atom. The Morgan fingerprint density at radius 1 is 1.08 bits per heavy atom. The van der Waals surface area contributed by atoms with Gasteiger partial charge in [0.25, 0.3) is 5.89 Å². The quantitative estimate of drug-likeness (QED) is 0.436. The van der Waals surface area contributed by atoms with Gasteiger partial charge >= 0.3 is 0 Å². The van der Waals surface area contributed by atoms with Gasteiger partial charge in [0.2, 0.25) is 21.9 Å². The molecule has 2 N–H and O–H groups in total. The Bertz CT molecular complexity index is 1440. The number of aliphatic hydroxyl groups excluding tert-OH is 1. The lowest BCUT2D eigenvalue weighted by molar-refractivity contribution is 0.272. The Balaban J connectivity index is 1.32. The van der Waals surface area contributed by atoms with Crippen LogP contribution in [0.3, 0.4) is 0 Å². The van der Waals surface area contributed by atoms with Crippen LogP contribution in [-0.2, 0) is 10.0 Å². The van der Waals surface area contributed by atoms with E-state index in [4.69, 9.17) is 9.52 Å². The molecule has 3 fully saturated rings. The molecule has 3 aromatic rings. The van der Waals surface area contributed by atoms with Gasteiger partial charge in [0, 0.05) is 18.8 Å². The van der Waals surface area contributed by atoms with Crippen molar-refractivity contribution in [3.63, 3.8) is 0 Å². The highest BCUT2D eigenvalue weighted by molar-refractivity contribution is 7.92. The van der Waals surface area contributed by atoms with Crippen LogP contribution in [0.4, 0.5) is 21.7 Å². The number of nitrogens with zero attached hydrogens (tertiary/aromatic N) is 6. The zero-order valence-electron chi connectivity index (χ0n) is 21.1. The van der Waals surface area contributed by atoms with Crippen LogP contribution < -0.4 is 14.5 Å². The molecule has 0 bridgehead atoms. The van der Waals surface area contributed by atoms with E-state index in [1.165, 1.54) is 12.8 Å². The van der Waals surface area contributed by atoms with Crippen molar-refractivity contribution in [2.24, 2.45) is 5.41 Å². The van der Waals surface area contributed by atoms with E-state index in [9.17, 15) is 12.8 Å². The van der Waals surface area contributed by atoms with Crippen molar-refractivity contribution >= 4 is 27.3 Å². The van der Waals surface area contributed by atoms with Crippen LogP contribution in [0, 0.1) is 12.3 Å². The number of hydrogen-bond donors (Lipinski definition) is 2. The topological polar surface area (TPSA) is 138 Å². The van der Waals surface area contributed by atoms with E-state index in [2.05, 4.69) is 29.8 Å². The molecule has 1 aromatic carbocycles. The highest BCUT2D eigenvalue weighted by atomic mass is 32.2. The van der Waals surface area contributed by atoms with Crippen molar-refractivity contribution in [1.29, 1.82) is 0 Å². The number of aryl methyl sites for hydroxylation is 1. The second-order valence-electron chi connectivity index (χ2n) is 10.5. The van der Waals surface area contributed by atoms with E-state index in [1.54, 1.807) is 29.2 Å². The van der Waals surface area contributed by atoms with E-state index in [1.807, 2.05) is 6.92 Å².